The highest BCUT2D eigenvalue weighted by Gasteiger charge is 2.33. The van der Waals surface area contributed by atoms with Crippen LogP contribution in [0.4, 0.5) is 0 Å². The summed E-state index contributed by atoms with van der Waals surface area (Å²) in [6.07, 6.45) is 3.16. The number of ether oxygens (including phenoxy) is 3. The first-order chi connectivity index (χ1) is 15.9. The van der Waals surface area contributed by atoms with Crippen LogP contribution in [0.15, 0.2) is 42.5 Å². The minimum absolute atomic E-state index is 0.111. The first kappa shape index (κ1) is 23.0. The van der Waals surface area contributed by atoms with E-state index in [1.165, 1.54) is 32.3 Å². The molecule has 1 aliphatic carbocycles. The van der Waals surface area contributed by atoms with Gasteiger partial charge in [-0.1, -0.05) is 36.4 Å². The molecule has 6 nitrogen and oxygen atoms in total. The van der Waals surface area contributed by atoms with Crippen molar-refractivity contribution < 1.29 is 23.8 Å². The van der Waals surface area contributed by atoms with Gasteiger partial charge in [-0.05, 0) is 53.5 Å². The molecule has 2 aliphatic rings. The number of rotatable bonds is 7. The molecule has 1 aliphatic heterocycles. The van der Waals surface area contributed by atoms with Crippen molar-refractivity contribution in [3.05, 3.63) is 70.3 Å². The van der Waals surface area contributed by atoms with Gasteiger partial charge in [0.25, 0.3) is 0 Å². The Labute approximate surface area is 194 Å². The van der Waals surface area contributed by atoms with E-state index in [0.717, 1.165) is 16.7 Å². The summed E-state index contributed by atoms with van der Waals surface area (Å²) >= 11 is 0. The van der Waals surface area contributed by atoms with E-state index in [9.17, 15) is 14.9 Å². The third-order valence-corrected chi connectivity index (χ3v) is 6.21. The van der Waals surface area contributed by atoms with Crippen LogP contribution in [0.25, 0.3) is 0 Å². The summed E-state index contributed by atoms with van der Waals surface area (Å²) in [5.74, 6) is -0.00855. The van der Waals surface area contributed by atoms with Gasteiger partial charge < -0.3 is 14.2 Å². The fraction of sp³-hybridized carbons (Fsp3) is 0.444. The Hall–Kier alpha value is -3.17. The van der Waals surface area contributed by atoms with Gasteiger partial charge in [-0.2, -0.15) is 5.26 Å². The molecule has 0 aromatic heterocycles. The number of hydrogen-bond donors (Lipinski definition) is 0. The van der Waals surface area contributed by atoms with Gasteiger partial charge in [0, 0.05) is 26.7 Å². The number of carbonyl (C=O) groups is 2. The van der Waals surface area contributed by atoms with Crippen molar-refractivity contribution in [2.45, 2.75) is 70.2 Å². The highest BCUT2D eigenvalue weighted by molar-refractivity contribution is 5.66. The van der Waals surface area contributed by atoms with Gasteiger partial charge in [0.1, 0.15) is 12.7 Å². The van der Waals surface area contributed by atoms with E-state index in [1.54, 1.807) is 0 Å². The highest BCUT2D eigenvalue weighted by atomic mass is 16.6. The Balaban J connectivity index is 1.54. The number of carbonyl (C=O) groups excluding carboxylic acids is 2. The Kier molecular flexibility index (Phi) is 7.10. The van der Waals surface area contributed by atoms with Crippen LogP contribution in [-0.4, -0.2) is 30.8 Å². The maximum Gasteiger partial charge on any atom is 0.302 e. The van der Waals surface area contributed by atoms with E-state index in [2.05, 4.69) is 30.3 Å². The van der Waals surface area contributed by atoms with E-state index >= 15 is 0 Å². The molecular formula is C27H29NO5. The summed E-state index contributed by atoms with van der Waals surface area (Å²) in [6.45, 7) is 2.86. The smallest absolute Gasteiger partial charge is 0.302 e. The lowest BCUT2D eigenvalue weighted by atomic mass is 9.91. The van der Waals surface area contributed by atoms with Crippen molar-refractivity contribution in [1.29, 1.82) is 5.26 Å². The molecule has 3 atom stereocenters. The van der Waals surface area contributed by atoms with Gasteiger partial charge in [-0.3, -0.25) is 9.59 Å². The van der Waals surface area contributed by atoms with E-state index in [0.29, 0.717) is 30.7 Å². The van der Waals surface area contributed by atoms with Crippen LogP contribution >= 0.6 is 0 Å². The Morgan fingerprint density at radius 1 is 1.03 bits per heavy atom. The fourth-order valence-electron chi connectivity index (χ4n) is 4.45. The first-order valence-corrected chi connectivity index (χ1v) is 11.5. The van der Waals surface area contributed by atoms with E-state index in [4.69, 9.17) is 14.2 Å². The number of nitriles is 1. The summed E-state index contributed by atoms with van der Waals surface area (Å²) in [5.41, 5.74) is 5.03. The van der Waals surface area contributed by atoms with Gasteiger partial charge in [-0.25, -0.2) is 0 Å². The first-order valence-electron chi connectivity index (χ1n) is 11.5. The number of benzene rings is 2. The van der Waals surface area contributed by atoms with Crippen LogP contribution in [0.1, 0.15) is 79.4 Å². The topological polar surface area (TPSA) is 85.6 Å². The second kappa shape index (κ2) is 10.2. The summed E-state index contributed by atoms with van der Waals surface area (Å²) in [6, 6.07) is 16.7. The Morgan fingerprint density at radius 3 is 2.39 bits per heavy atom. The maximum atomic E-state index is 11.6. The van der Waals surface area contributed by atoms with Crippen LogP contribution < -0.4 is 0 Å². The molecule has 0 unspecified atom stereocenters. The molecule has 2 aromatic rings. The largest absolute Gasteiger partial charge is 0.463 e. The van der Waals surface area contributed by atoms with Crippen molar-refractivity contribution in [1.82, 2.24) is 0 Å². The molecule has 2 aromatic carbocycles. The second-order valence-corrected chi connectivity index (χ2v) is 8.97. The van der Waals surface area contributed by atoms with E-state index in [1.807, 2.05) is 18.2 Å². The molecule has 33 heavy (non-hydrogen) atoms. The summed E-state index contributed by atoms with van der Waals surface area (Å²) < 4.78 is 16.8. The minimum Gasteiger partial charge on any atom is -0.463 e. The SMILES string of the molecule is CC(=O)OC[C@@H]1C[C@H](OC(C)=O)C[C@H](c2ccc(C#N)c(Cc3ccc(C4CC4)cc3)c2)O1. The lowest BCUT2D eigenvalue weighted by Gasteiger charge is -2.35. The van der Waals surface area contributed by atoms with Crippen molar-refractivity contribution in [2.75, 3.05) is 6.61 Å². The van der Waals surface area contributed by atoms with Crippen LogP contribution in [0.5, 0.6) is 0 Å². The molecule has 0 radical (unpaired) electrons. The van der Waals surface area contributed by atoms with Crippen LogP contribution in [-0.2, 0) is 30.2 Å². The minimum atomic E-state index is -0.377. The standard InChI is InChI=1S/C27H29NO5/c1-17(29)31-16-26-13-25(32-18(2)30)14-27(33-26)22-9-10-23(15-28)24(12-22)11-19-3-5-20(6-4-19)21-7-8-21/h3-6,9-10,12,21,25-27H,7-8,11,13-14,16H2,1-2H3/t25-,26-,27+/m0/s1. The normalized spacial score (nSPS) is 22.3. The van der Waals surface area contributed by atoms with Gasteiger partial charge in [-0.15, -0.1) is 0 Å². The van der Waals surface area contributed by atoms with Crippen molar-refractivity contribution in [3.63, 3.8) is 0 Å². The van der Waals surface area contributed by atoms with Gasteiger partial charge in [0.05, 0.1) is 23.8 Å². The molecule has 172 valence electrons. The quantitative estimate of drug-likeness (QED) is 0.570. The van der Waals surface area contributed by atoms with E-state index in [-0.39, 0.29) is 36.9 Å². The fourth-order valence-corrected chi connectivity index (χ4v) is 4.45. The lowest BCUT2D eigenvalue weighted by molar-refractivity contribution is -0.169. The number of esters is 2. The van der Waals surface area contributed by atoms with Crippen molar-refractivity contribution >= 4 is 11.9 Å². The molecule has 0 N–H and O–H groups in total. The number of nitrogens with zero attached hydrogens (tertiary/aromatic N) is 1. The predicted octanol–water partition coefficient (Wildman–Crippen LogP) is 4.74. The molecule has 6 heteroatoms. The third-order valence-electron chi connectivity index (χ3n) is 6.21. The van der Waals surface area contributed by atoms with Crippen LogP contribution in [0, 0.1) is 11.3 Å². The van der Waals surface area contributed by atoms with Gasteiger partial charge >= 0.3 is 11.9 Å². The zero-order valence-electron chi connectivity index (χ0n) is 19.1. The molecule has 0 bridgehead atoms. The molecular weight excluding hydrogens is 418 g/mol. The average Bonchev–Trinajstić information content (AvgIpc) is 3.63. The molecule has 4 rings (SSSR count). The Bertz CT molecular complexity index is 1050. The average molecular weight is 448 g/mol. The molecule has 2 fully saturated rings. The maximum absolute atomic E-state index is 11.6. The third kappa shape index (κ3) is 6.21. The monoisotopic (exact) mass is 447 g/mol. The molecule has 1 saturated heterocycles. The zero-order chi connectivity index (χ0) is 23.4. The van der Waals surface area contributed by atoms with Crippen LogP contribution in [0.2, 0.25) is 0 Å². The van der Waals surface area contributed by atoms with Crippen molar-refractivity contribution in [3.8, 4) is 6.07 Å². The van der Waals surface area contributed by atoms with Crippen LogP contribution in [0.3, 0.4) is 0 Å². The van der Waals surface area contributed by atoms with Gasteiger partial charge in [0.2, 0.25) is 0 Å². The van der Waals surface area contributed by atoms with E-state index < -0.39 is 0 Å². The lowest BCUT2D eigenvalue weighted by Crippen LogP contribution is -2.36. The van der Waals surface area contributed by atoms with Gasteiger partial charge in [0.15, 0.2) is 0 Å². The second-order valence-electron chi connectivity index (χ2n) is 8.97. The molecule has 1 heterocycles. The van der Waals surface area contributed by atoms with Crippen molar-refractivity contribution in [2.24, 2.45) is 0 Å². The molecule has 0 amide bonds. The summed E-state index contributed by atoms with van der Waals surface area (Å²) in [4.78, 5) is 22.8. The summed E-state index contributed by atoms with van der Waals surface area (Å²) in [7, 11) is 0. The molecule has 0 spiro atoms. The number of hydrogen-bond acceptors (Lipinski definition) is 6. The summed E-state index contributed by atoms with van der Waals surface area (Å²) in [5, 5.41) is 9.64. The predicted molar refractivity (Wildman–Crippen MR) is 121 cm³/mol. The molecule has 1 saturated carbocycles. The zero-order valence-corrected chi connectivity index (χ0v) is 19.1. The Morgan fingerprint density at radius 2 is 1.76 bits per heavy atom. The highest BCUT2D eigenvalue weighted by Crippen LogP contribution is 2.40.